The van der Waals surface area contributed by atoms with Gasteiger partial charge in [-0.3, -0.25) is 4.99 Å². The summed E-state index contributed by atoms with van der Waals surface area (Å²) >= 11 is 0. The summed E-state index contributed by atoms with van der Waals surface area (Å²) in [5.74, 6) is 0.990. The highest BCUT2D eigenvalue weighted by atomic mass is 127. The zero-order valence-corrected chi connectivity index (χ0v) is 18.5. The summed E-state index contributed by atoms with van der Waals surface area (Å²) in [6, 6.07) is 13.2. The SMILES string of the molecule is CN=C(NCCc1ccc(OC)c(OC(F)F)c1)NCc1cccc(C)c1.I. The molecule has 0 aliphatic carbocycles. The van der Waals surface area contributed by atoms with E-state index < -0.39 is 6.61 Å². The molecule has 8 heteroatoms. The van der Waals surface area contributed by atoms with Crippen LogP contribution in [-0.2, 0) is 13.0 Å². The number of aryl methyl sites for hydroxylation is 1. The van der Waals surface area contributed by atoms with Gasteiger partial charge in [0.05, 0.1) is 7.11 Å². The summed E-state index contributed by atoms with van der Waals surface area (Å²) in [7, 11) is 3.12. The largest absolute Gasteiger partial charge is 0.493 e. The van der Waals surface area contributed by atoms with E-state index in [1.165, 1.54) is 18.2 Å². The molecule has 0 amide bonds. The lowest BCUT2D eigenvalue weighted by molar-refractivity contribution is -0.0512. The molecule has 0 fully saturated rings. The molecule has 154 valence electrons. The molecule has 0 spiro atoms. The Bertz CT molecular complexity index is 773. The second-order valence-electron chi connectivity index (χ2n) is 5.96. The highest BCUT2D eigenvalue weighted by molar-refractivity contribution is 14.0. The van der Waals surface area contributed by atoms with Crippen molar-refractivity contribution in [3.63, 3.8) is 0 Å². The molecule has 0 unspecified atom stereocenters. The van der Waals surface area contributed by atoms with Crippen LogP contribution in [0.1, 0.15) is 16.7 Å². The monoisotopic (exact) mass is 505 g/mol. The normalized spacial score (nSPS) is 11.0. The number of hydrogen-bond donors (Lipinski definition) is 2. The fraction of sp³-hybridized carbons (Fsp3) is 0.350. The smallest absolute Gasteiger partial charge is 0.387 e. The molecule has 5 nitrogen and oxygen atoms in total. The molecular weight excluding hydrogens is 479 g/mol. The molecule has 2 aromatic rings. The minimum atomic E-state index is -2.89. The predicted octanol–water partition coefficient (Wildman–Crippen LogP) is 4.13. The Morgan fingerprint density at radius 1 is 1.07 bits per heavy atom. The van der Waals surface area contributed by atoms with Gasteiger partial charge in [0.15, 0.2) is 17.5 Å². The average molecular weight is 505 g/mol. The molecule has 0 heterocycles. The predicted molar refractivity (Wildman–Crippen MR) is 118 cm³/mol. The summed E-state index contributed by atoms with van der Waals surface area (Å²) in [6.07, 6.45) is 0.620. The second-order valence-corrected chi connectivity index (χ2v) is 5.96. The van der Waals surface area contributed by atoms with Gasteiger partial charge in [-0.1, -0.05) is 35.9 Å². The van der Waals surface area contributed by atoms with Crippen molar-refractivity contribution in [1.29, 1.82) is 0 Å². The molecule has 0 saturated carbocycles. The van der Waals surface area contributed by atoms with Gasteiger partial charge in [0.1, 0.15) is 0 Å². The molecule has 28 heavy (non-hydrogen) atoms. The van der Waals surface area contributed by atoms with Crippen molar-refractivity contribution in [1.82, 2.24) is 10.6 Å². The van der Waals surface area contributed by atoms with Gasteiger partial charge in [-0.2, -0.15) is 8.78 Å². The molecule has 0 aliphatic heterocycles. The van der Waals surface area contributed by atoms with E-state index in [1.54, 1.807) is 19.2 Å². The molecule has 2 aromatic carbocycles. The van der Waals surface area contributed by atoms with E-state index in [4.69, 9.17) is 4.74 Å². The number of halogens is 3. The summed E-state index contributed by atoms with van der Waals surface area (Å²) in [6.45, 7) is 0.415. The average Bonchev–Trinajstić information content (AvgIpc) is 2.64. The molecule has 0 atom stereocenters. The number of nitrogens with one attached hydrogen (secondary N) is 2. The Labute approximate surface area is 181 Å². The number of guanidine groups is 1. The first-order chi connectivity index (χ1) is 13.0. The van der Waals surface area contributed by atoms with E-state index in [0.29, 0.717) is 25.5 Å². The zero-order chi connectivity index (χ0) is 19.6. The molecule has 0 radical (unpaired) electrons. The Morgan fingerprint density at radius 2 is 1.86 bits per heavy atom. The van der Waals surface area contributed by atoms with Crippen LogP contribution in [0.3, 0.4) is 0 Å². The molecule has 0 saturated heterocycles. The van der Waals surface area contributed by atoms with Gasteiger partial charge in [0, 0.05) is 20.1 Å². The topological polar surface area (TPSA) is 54.9 Å². The Balaban J connectivity index is 0.00000392. The van der Waals surface area contributed by atoms with Crippen molar-refractivity contribution in [3.05, 3.63) is 59.2 Å². The van der Waals surface area contributed by atoms with Gasteiger partial charge < -0.3 is 20.1 Å². The van der Waals surface area contributed by atoms with E-state index in [1.807, 2.05) is 12.1 Å². The van der Waals surface area contributed by atoms with Crippen LogP contribution >= 0.6 is 24.0 Å². The number of aliphatic imine (C=N–C) groups is 1. The standard InChI is InChI=1S/C20H25F2N3O2.HI/c1-14-5-4-6-16(11-14)13-25-20(23-2)24-10-9-15-7-8-17(26-3)18(12-15)27-19(21)22;/h4-8,11-12,19H,9-10,13H2,1-3H3,(H2,23,24,25);1H. The third-order valence-corrected chi connectivity index (χ3v) is 3.92. The van der Waals surface area contributed by atoms with Gasteiger partial charge in [0.2, 0.25) is 0 Å². The van der Waals surface area contributed by atoms with Crippen molar-refractivity contribution in [2.24, 2.45) is 4.99 Å². The van der Waals surface area contributed by atoms with Crippen LogP contribution in [0.2, 0.25) is 0 Å². The number of rotatable bonds is 8. The molecular formula is C20H26F2IN3O2. The fourth-order valence-corrected chi connectivity index (χ4v) is 2.62. The molecule has 2 rings (SSSR count). The van der Waals surface area contributed by atoms with Gasteiger partial charge >= 0.3 is 6.61 Å². The number of hydrogen-bond acceptors (Lipinski definition) is 3. The van der Waals surface area contributed by atoms with Crippen LogP contribution in [0.4, 0.5) is 8.78 Å². The molecule has 0 aromatic heterocycles. The first-order valence-electron chi connectivity index (χ1n) is 8.63. The second kappa shape index (κ2) is 12.4. The summed E-state index contributed by atoms with van der Waals surface area (Å²) < 4.78 is 34.6. The van der Waals surface area contributed by atoms with Crippen molar-refractivity contribution >= 4 is 29.9 Å². The van der Waals surface area contributed by atoms with Crippen LogP contribution in [0.15, 0.2) is 47.5 Å². The number of benzene rings is 2. The van der Waals surface area contributed by atoms with Crippen molar-refractivity contribution < 1.29 is 18.3 Å². The summed E-state index contributed by atoms with van der Waals surface area (Å²) in [4.78, 5) is 4.19. The van der Waals surface area contributed by atoms with E-state index in [-0.39, 0.29) is 35.5 Å². The summed E-state index contributed by atoms with van der Waals surface area (Å²) in [5, 5.41) is 6.46. The fourth-order valence-electron chi connectivity index (χ4n) is 2.62. The molecule has 0 bridgehead atoms. The van der Waals surface area contributed by atoms with E-state index in [9.17, 15) is 8.78 Å². The van der Waals surface area contributed by atoms with Crippen LogP contribution in [0.25, 0.3) is 0 Å². The maximum Gasteiger partial charge on any atom is 0.387 e. The van der Waals surface area contributed by atoms with Crippen LogP contribution in [0.5, 0.6) is 11.5 Å². The Hall–Kier alpha value is -2.10. The maximum atomic E-state index is 12.5. The van der Waals surface area contributed by atoms with E-state index >= 15 is 0 Å². The molecule has 0 aliphatic rings. The number of alkyl halides is 2. The van der Waals surface area contributed by atoms with Gasteiger partial charge in [-0.15, -0.1) is 24.0 Å². The van der Waals surface area contributed by atoms with Crippen molar-refractivity contribution in [3.8, 4) is 11.5 Å². The Morgan fingerprint density at radius 3 is 2.50 bits per heavy atom. The lowest BCUT2D eigenvalue weighted by atomic mass is 10.1. The zero-order valence-electron chi connectivity index (χ0n) is 16.2. The van der Waals surface area contributed by atoms with Crippen molar-refractivity contribution in [2.45, 2.75) is 26.5 Å². The lowest BCUT2D eigenvalue weighted by Gasteiger charge is -2.14. The maximum absolute atomic E-state index is 12.5. The van der Waals surface area contributed by atoms with Crippen LogP contribution in [-0.4, -0.2) is 33.3 Å². The van der Waals surface area contributed by atoms with E-state index in [0.717, 1.165) is 5.56 Å². The quantitative estimate of drug-likeness (QED) is 0.322. The van der Waals surface area contributed by atoms with E-state index in [2.05, 4.69) is 45.5 Å². The number of nitrogens with zero attached hydrogens (tertiary/aromatic N) is 1. The first kappa shape index (κ1) is 23.9. The van der Waals surface area contributed by atoms with Gasteiger partial charge in [0.25, 0.3) is 0 Å². The first-order valence-corrected chi connectivity index (χ1v) is 8.63. The highest BCUT2D eigenvalue weighted by Crippen LogP contribution is 2.29. The van der Waals surface area contributed by atoms with Gasteiger partial charge in [-0.25, -0.2) is 0 Å². The number of methoxy groups -OCH3 is 1. The highest BCUT2D eigenvalue weighted by Gasteiger charge is 2.11. The minimum absolute atomic E-state index is 0. The minimum Gasteiger partial charge on any atom is -0.493 e. The van der Waals surface area contributed by atoms with Crippen LogP contribution in [0, 0.1) is 6.92 Å². The summed E-state index contributed by atoms with van der Waals surface area (Å²) in [5.41, 5.74) is 3.23. The third kappa shape index (κ3) is 7.87. The van der Waals surface area contributed by atoms with Gasteiger partial charge in [-0.05, 0) is 36.6 Å². The molecule has 2 N–H and O–H groups in total. The lowest BCUT2D eigenvalue weighted by Crippen LogP contribution is -2.37. The number of ether oxygens (including phenoxy) is 2. The third-order valence-electron chi connectivity index (χ3n) is 3.92. The Kier molecular flexibility index (Phi) is 10.6. The van der Waals surface area contributed by atoms with Crippen molar-refractivity contribution in [2.75, 3.05) is 20.7 Å². The van der Waals surface area contributed by atoms with Crippen LogP contribution < -0.4 is 20.1 Å².